The number of likely N-dealkylation sites (tertiary alicyclic amines) is 1. The highest BCUT2D eigenvalue weighted by Crippen LogP contribution is 2.18. The number of aromatic amines is 1. The Morgan fingerprint density at radius 1 is 1.55 bits per heavy atom. The topological polar surface area (TPSA) is 78.1 Å². The number of nitrogens with one attached hydrogen (secondary N) is 2. The largest absolute Gasteiger partial charge is 0.352 e. The van der Waals surface area contributed by atoms with Gasteiger partial charge in [-0.2, -0.15) is 5.10 Å². The van der Waals surface area contributed by atoms with E-state index < -0.39 is 0 Å². The van der Waals surface area contributed by atoms with Crippen LogP contribution >= 0.6 is 0 Å². The van der Waals surface area contributed by atoms with Gasteiger partial charge in [0.15, 0.2) is 0 Å². The zero-order valence-corrected chi connectivity index (χ0v) is 12.1. The van der Waals surface area contributed by atoms with Crippen LogP contribution in [0.1, 0.15) is 32.3 Å². The van der Waals surface area contributed by atoms with Gasteiger partial charge in [-0.3, -0.25) is 14.7 Å². The van der Waals surface area contributed by atoms with E-state index in [4.69, 9.17) is 0 Å². The molecule has 0 spiro atoms. The fourth-order valence-corrected chi connectivity index (χ4v) is 2.46. The number of aromatic nitrogens is 2. The number of nitrogens with zero attached hydrogens (tertiary/aromatic N) is 2. The molecule has 110 valence electrons. The Kier molecular flexibility index (Phi) is 4.76. The van der Waals surface area contributed by atoms with Crippen LogP contribution in [-0.2, 0) is 16.1 Å². The molecule has 1 aliphatic rings. The van der Waals surface area contributed by atoms with Crippen LogP contribution in [0.3, 0.4) is 0 Å². The molecule has 6 heteroatoms. The average Bonchev–Trinajstić information content (AvgIpc) is 2.97. The van der Waals surface area contributed by atoms with Crippen molar-refractivity contribution >= 4 is 11.8 Å². The van der Waals surface area contributed by atoms with Gasteiger partial charge in [0.25, 0.3) is 0 Å². The van der Waals surface area contributed by atoms with E-state index in [0.29, 0.717) is 13.1 Å². The Bertz CT molecular complexity index is 456. The standard InChI is InChI=1S/C14H22N4O2/c1-10(2)14(20)18-5-3-4-12(9-18)13(19)15-6-11-7-16-17-8-11/h7-8,10,12H,3-6,9H2,1-2H3,(H,15,19)(H,16,17). The van der Waals surface area contributed by atoms with Crippen molar-refractivity contribution in [3.8, 4) is 0 Å². The highest BCUT2D eigenvalue weighted by atomic mass is 16.2. The zero-order valence-electron chi connectivity index (χ0n) is 12.1. The van der Waals surface area contributed by atoms with Gasteiger partial charge in [0.05, 0.1) is 12.1 Å². The van der Waals surface area contributed by atoms with Crippen LogP contribution in [-0.4, -0.2) is 40.0 Å². The van der Waals surface area contributed by atoms with Crippen LogP contribution in [0.15, 0.2) is 12.4 Å². The summed E-state index contributed by atoms with van der Waals surface area (Å²) in [4.78, 5) is 26.0. The van der Waals surface area contributed by atoms with Crippen molar-refractivity contribution in [2.24, 2.45) is 11.8 Å². The van der Waals surface area contributed by atoms with Gasteiger partial charge in [0.2, 0.25) is 11.8 Å². The van der Waals surface area contributed by atoms with Crippen LogP contribution in [0.25, 0.3) is 0 Å². The van der Waals surface area contributed by atoms with Gasteiger partial charge in [0.1, 0.15) is 0 Å². The van der Waals surface area contributed by atoms with Crippen molar-refractivity contribution < 1.29 is 9.59 Å². The Hall–Kier alpha value is -1.85. The number of H-pyrrole nitrogens is 1. The molecule has 0 aromatic carbocycles. The van der Waals surface area contributed by atoms with E-state index in [-0.39, 0.29) is 23.7 Å². The highest BCUT2D eigenvalue weighted by Gasteiger charge is 2.29. The summed E-state index contributed by atoms with van der Waals surface area (Å²) in [6, 6.07) is 0. The van der Waals surface area contributed by atoms with Gasteiger partial charge in [-0.15, -0.1) is 0 Å². The second-order valence-corrected chi connectivity index (χ2v) is 5.60. The van der Waals surface area contributed by atoms with E-state index >= 15 is 0 Å². The molecule has 0 radical (unpaired) electrons. The number of hydrogen-bond donors (Lipinski definition) is 2. The van der Waals surface area contributed by atoms with Crippen molar-refractivity contribution in [2.45, 2.75) is 33.2 Å². The van der Waals surface area contributed by atoms with Crippen LogP contribution < -0.4 is 5.32 Å². The van der Waals surface area contributed by atoms with Crippen molar-refractivity contribution in [1.82, 2.24) is 20.4 Å². The maximum Gasteiger partial charge on any atom is 0.225 e. The van der Waals surface area contributed by atoms with E-state index in [9.17, 15) is 9.59 Å². The fraction of sp³-hybridized carbons (Fsp3) is 0.643. The third-order valence-electron chi connectivity index (χ3n) is 3.62. The van der Waals surface area contributed by atoms with E-state index in [0.717, 1.165) is 24.9 Å². The molecule has 1 aromatic rings. The predicted octanol–water partition coefficient (Wildman–Crippen LogP) is 0.920. The Morgan fingerprint density at radius 3 is 3.00 bits per heavy atom. The number of amides is 2. The molecular weight excluding hydrogens is 256 g/mol. The third kappa shape index (κ3) is 3.59. The molecule has 1 aliphatic heterocycles. The number of hydrogen-bond acceptors (Lipinski definition) is 3. The molecule has 20 heavy (non-hydrogen) atoms. The zero-order chi connectivity index (χ0) is 14.5. The van der Waals surface area contributed by atoms with Crippen LogP contribution in [0, 0.1) is 11.8 Å². The summed E-state index contributed by atoms with van der Waals surface area (Å²) >= 11 is 0. The molecule has 0 aliphatic carbocycles. The number of carbonyl (C=O) groups is 2. The Labute approximate surface area is 118 Å². The van der Waals surface area contributed by atoms with Crippen LogP contribution in [0.5, 0.6) is 0 Å². The second kappa shape index (κ2) is 6.54. The van der Waals surface area contributed by atoms with Gasteiger partial charge in [-0.05, 0) is 12.8 Å². The van der Waals surface area contributed by atoms with Gasteiger partial charge in [-0.1, -0.05) is 13.8 Å². The fourth-order valence-electron chi connectivity index (χ4n) is 2.46. The number of piperidine rings is 1. The van der Waals surface area contributed by atoms with Crippen molar-refractivity contribution in [3.63, 3.8) is 0 Å². The third-order valence-corrected chi connectivity index (χ3v) is 3.62. The SMILES string of the molecule is CC(C)C(=O)N1CCCC(C(=O)NCc2cn[nH]c2)C1. The lowest BCUT2D eigenvalue weighted by Crippen LogP contribution is -2.46. The molecule has 0 saturated carbocycles. The number of carbonyl (C=O) groups excluding carboxylic acids is 2. The molecule has 2 N–H and O–H groups in total. The molecule has 2 heterocycles. The lowest BCUT2D eigenvalue weighted by Gasteiger charge is -2.33. The van der Waals surface area contributed by atoms with Crippen molar-refractivity contribution in [1.29, 1.82) is 0 Å². The predicted molar refractivity (Wildman–Crippen MR) is 74.6 cm³/mol. The van der Waals surface area contributed by atoms with Crippen molar-refractivity contribution in [3.05, 3.63) is 18.0 Å². The van der Waals surface area contributed by atoms with E-state index in [1.807, 2.05) is 18.7 Å². The van der Waals surface area contributed by atoms with Crippen LogP contribution in [0.2, 0.25) is 0 Å². The summed E-state index contributed by atoms with van der Waals surface area (Å²) in [5.74, 6) is 0.0471. The molecule has 6 nitrogen and oxygen atoms in total. The molecule has 1 saturated heterocycles. The van der Waals surface area contributed by atoms with Gasteiger partial charge >= 0.3 is 0 Å². The summed E-state index contributed by atoms with van der Waals surface area (Å²) in [7, 11) is 0. The smallest absolute Gasteiger partial charge is 0.225 e. The minimum atomic E-state index is -0.0987. The lowest BCUT2D eigenvalue weighted by atomic mass is 9.96. The first kappa shape index (κ1) is 14.6. The second-order valence-electron chi connectivity index (χ2n) is 5.60. The van der Waals surface area contributed by atoms with Crippen LogP contribution in [0.4, 0.5) is 0 Å². The molecule has 2 amide bonds. The normalized spacial score (nSPS) is 19.1. The minimum absolute atomic E-state index is 0.0114. The first-order valence-electron chi connectivity index (χ1n) is 7.12. The Morgan fingerprint density at radius 2 is 2.35 bits per heavy atom. The summed E-state index contributed by atoms with van der Waals surface area (Å²) in [5, 5.41) is 9.46. The molecule has 1 aromatic heterocycles. The highest BCUT2D eigenvalue weighted by molar-refractivity contribution is 5.82. The molecule has 0 bridgehead atoms. The quantitative estimate of drug-likeness (QED) is 0.859. The minimum Gasteiger partial charge on any atom is -0.352 e. The average molecular weight is 278 g/mol. The molecular formula is C14H22N4O2. The first-order valence-corrected chi connectivity index (χ1v) is 7.12. The molecule has 1 atom stereocenters. The van der Waals surface area contributed by atoms with E-state index in [2.05, 4.69) is 15.5 Å². The molecule has 2 rings (SSSR count). The Balaban J connectivity index is 1.85. The molecule has 1 unspecified atom stereocenters. The van der Waals surface area contributed by atoms with E-state index in [1.165, 1.54) is 0 Å². The van der Waals surface area contributed by atoms with E-state index in [1.54, 1.807) is 12.4 Å². The number of rotatable bonds is 4. The summed E-state index contributed by atoms with van der Waals surface area (Å²) < 4.78 is 0. The summed E-state index contributed by atoms with van der Waals surface area (Å²) in [5.41, 5.74) is 0.948. The van der Waals surface area contributed by atoms with Gasteiger partial charge in [-0.25, -0.2) is 0 Å². The van der Waals surface area contributed by atoms with Gasteiger partial charge < -0.3 is 10.2 Å². The maximum absolute atomic E-state index is 12.2. The monoisotopic (exact) mass is 278 g/mol. The summed E-state index contributed by atoms with van der Waals surface area (Å²) in [6.07, 6.45) is 5.19. The maximum atomic E-state index is 12.2. The van der Waals surface area contributed by atoms with Gasteiger partial charge in [0, 0.05) is 37.3 Å². The first-order chi connectivity index (χ1) is 9.58. The molecule has 1 fully saturated rings. The lowest BCUT2D eigenvalue weighted by molar-refractivity contribution is -0.138. The van der Waals surface area contributed by atoms with Crippen molar-refractivity contribution in [2.75, 3.05) is 13.1 Å². The summed E-state index contributed by atoms with van der Waals surface area (Å²) in [6.45, 7) is 5.57.